The molecule has 1 fully saturated rings. The normalized spacial score (nSPS) is 14.1. The molecule has 0 spiro atoms. The predicted octanol–water partition coefficient (Wildman–Crippen LogP) is 3.03. The number of hydrogen-bond acceptors (Lipinski definition) is 4. The maximum atomic E-state index is 12.5. The average Bonchev–Trinajstić information content (AvgIpc) is 3.02. The fourth-order valence-electron chi connectivity index (χ4n) is 3.12. The number of nitrogens with zero attached hydrogens (tertiary/aromatic N) is 5. The summed E-state index contributed by atoms with van der Waals surface area (Å²) in [6, 6.07) is 11.8. The van der Waals surface area contributed by atoms with Crippen molar-refractivity contribution in [3.05, 3.63) is 48.3 Å². The number of anilines is 1. The number of aromatic nitrogens is 3. The minimum atomic E-state index is 0.158. The summed E-state index contributed by atoms with van der Waals surface area (Å²) in [5.41, 5.74) is 3.58. The van der Waals surface area contributed by atoms with E-state index in [2.05, 4.69) is 16.2 Å². The van der Waals surface area contributed by atoms with Gasteiger partial charge in [0.2, 0.25) is 5.91 Å². The van der Waals surface area contributed by atoms with Crippen molar-refractivity contribution in [2.45, 2.75) is 19.3 Å². The van der Waals surface area contributed by atoms with E-state index in [4.69, 9.17) is 5.26 Å². The molecule has 1 saturated carbocycles. The number of benzene rings is 1. The Bertz CT molecular complexity index is 996. The second-order valence-corrected chi connectivity index (χ2v) is 6.31. The highest BCUT2D eigenvalue weighted by Gasteiger charge is 2.28. The molecule has 1 aliphatic carbocycles. The number of carbonyl (C=O) groups excluding carboxylic acids is 1. The number of fused-ring (bicyclic) bond motifs is 1. The molecule has 0 aliphatic heterocycles. The molecular weight excluding hydrogens is 314 g/mol. The van der Waals surface area contributed by atoms with Crippen molar-refractivity contribution in [3.8, 4) is 17.3 Å². The lowest BCUT2D eigenvalue weighted by molar-refractivity contribution is -0.124. The van der Waals surface area contributed by atoms with E-state index in [1.165, 1.54) is 6.20 Å². The molecule has 3 aromatic rings. The van der Waals surface area contributed by atoms with Crippen molar-refractivity contribution in [1.82, 2.24) is 14.6 Å². The lowest BCUT2D eigenvalue weighted by Crippen LogP contribution is -2.36. The van der Waals surface area contributed by atoms with E-state index in [0.29, 0.717) is 11.2 Å². The fraction of sp³-hybridized carbons (Fsp3) is 0.263. The summed E-state index contributed by atoms with van der Waals surface area (Å²) >= 11 is 0. The van der Waals surface area contributed by atoms with Crippen LogP contribution in [0.4, 0.5) is 5.69 Å². The molecule has 0 unspecified atom stereocenters. The van der Waals surface area contributed by atoms with E-state index in [1.807, 2.05) is 37.4 Å². The second kappa shape index (κ2) is 6.02. The summed E-state index contributed by atoms with van der Waals surface area (Å²) in [4.78, 5) is 18.5. The zero-order valence-electron chi connectivity index (χ0n) is 13.9. The maximum Gasteiger partial charge on any atom is 0.229 e. The molecule has 1 aromatic carbocycles. The van der Waals surface area contributed by atoms with Crippen LogP contribution in [0.5, 0.6) is 0 Å². The van der Waals surface area contributed by atoms with Crippen molar-refractivity contribution in [1.29, 1.82) is 5.26 Å². The fourth-order valence-corrected chi connectivity index (χ4v) is 3.12. The molecule has 6 nitrogen and oxygen atoms in total. The molecule has 0 N–H and O–H groups in total. The number of hydrogen-bond donors (Lipinski definition) is 0. The smallest absolute Gasteiger partial charge is 0.229 e. The van der Waals surface area contributed by atoms with Gasteiger partial charge in [0.1, 0.15) is 11.6 Å². The Labute approximate surface area is 145 Å². The summed E-state index contributed by atoms with van der Waals surface area (Å²) < 4.78 is 1.66. The second-order valence-electron chi connectivity index (χ2n) is 6.31. The molecule has 124 valence electrons. The van der Waals surface area contributed by atoms with E-state index >= 15 is 0 Å². The molecule has 0 bridgehead atoms. The first kappa shape index (κ1) is 15.3. The summed E-state index contributed by atoms with van der Waals surface area (Å²) in [6.07, 6.45) is 6.29. The Morgan fingerprint density at radius 1 is 1.36 bits per heavy atom. The van der Waals surface area contributed by atoms with Gasteiger partial charge in [0, 0.05) is 30.4 Å². The van der Waals surface area contributed by atoms with E-state index in [-0.39, 0.29) is 11.8 Å². The van der Waals surface area contributed by atoms with Gasteiger partial charge in [-0.05, 0) is 31.0 Å². The van der Waals surface area contributed by atoms with Crippen molar-refractivity contribution in [2.75, 3.05) is 11.9 Å². The van der Waals surface area contributed by atoms with Gasteiger partial charge in [0.25, 0.3) is 0 Å². The molecule has 2 heterocycles. The van der Waals surface area contributed by atoms with E-state index in [0.717, 1.165) is 36.2 Å². The topological polar surface area (TPSA) is 74.3 Å². The van der Waals surface area contributed by atoms with E-state index in [9.17, 15) is 4.79 Å². The van der Waals surface area contributed by atoms with Crippen LogP contribution in [0.2, 0.25) is 0 Å². The van der Waals surface area contributed by atoms with Crippen LogP contribution in [-0.4, -0.2) is 27.6 Å². The van der Waals surface area contributed by atoms with Crippen LogP contribution < -0.4 is 4.90 Å². The number of carbonyl (C=O) groups is 1. The van der Waals surface area contributed by atoms with Crippen molar-refractivity contribution < 1.29 is 4.79 Å². The molecule has 25 heavy (non-hydrogen) atoms. The highest BCUT2D eigenvalue weighted by Crippen LogP contribution is 2.31. The number of amides is 1. The Balaban J connectivity index is 1.74. The Hall–Kier alpha value is -3.20. The van der Waals surface area contributed by atoms with Crippen LogP contribution in [0.1, 0.15) is 24.8 Å². The third kappa shape index (κ3) is 2.54. The van der Waals surface area contributed by atoms with Crippen LogP contribution in [0.25, 0.3) is 16.9 Å². The molecule has 2 aromatic heterocycles. The van der Waals surface area contributed by atoms with Gasteiger partial charge in [-0.15, -0.1) is 0 Å². The lowest BCUT2D eigenvalue weighted by atomic mass is 9.84. The van der Waals surface area contributed by atoms with Crippen molar-refractivity contribution >= 4 is 17.2 Å². The lowest BCUT2D eigenvalue weighted by Gasteiger charge is -2.29. The molecule has 6 heteroatoms. The standard InChI is InChI=1S/C19H17N5O/c1-23(19(25)13-4-2-5-13)16-7-3-6-14(10-16)17-8-9-21-18-15(11-20)12-22-24(17)18/h3,6-10,12-13H,2,4-5H2,1H3. The van der Waals surface area contributed by atoms with Crippen molar-refractivity contribution in [3.63, 3.8) is 0 Å². The highest BCUT2D eigenvalue weighted by atomic mass is 16.2. The van der Waals surface area contributed by atoms with Crippen LogP contribution >= 0.6 is 0 Å². The SMILES string of the molecule is CN(C(=O)C1CCC1)c1cccc(-c2ccnc3c(C#N)cnn23)c1. The average molecular weight is 331 g/mol. The van der Waals surface area contributed by atoms with Crippen LogP contribution in [0.3, 0.4) is 0 Å². The van der Waals surface area contributed by atoms with Gasteiger partial charge in [0.05, 0.1) is 11.9 Å². The van der Waals surface area contributed by atoms with Gasteiger partial charge in [-0.2, -0.15) is 10.4 Å². The largest absolute Gasteiger partial charge is 0.315 e. The first-order valence-electron chi connectivity index (χ1n) is 8.30. The summed E-state index contributed by atoms with van der Waals surface area (Å²) in [6.45, 7) is 0. The van der Waals surface area contributed by atoms with Gasteiger partial charge in [0.15, 0.2) is 5.65 Å². The monoisotopic (exact) mass is 331 g/mol. The van der Waals surface area contributed by atoms with E-state index < -0.39 is 0 Å². The molecule has 1 amide bonds. The van der Waals surface area contributed by atoms with Crippen LogP contribution in [0.15, 0.2) is 42.7 Å². The molecule has 0 radical (unpaired) electrons. The van der Waals surface area contributed by atoms with Gasteiger partial charge in [-0.25, -0.2) is 9.50 Å². The van der Waals surface area contributed by atoms with Gasteiger partial charge in [-0.1, -0.05) is 18.6 Å². The van der Waals surface area contributed by atoms with Gasteiger partial charge in [-0.3, -0.25) is 4.79 Å². The van der Waals surface area contributed by atoms with Crippen LogP contribution in [-0.2, 0) is 4.79 Å². The summed E-state index contributed by atoms with van der Waals surface area (Å²) in [7, 11) is 1.82. The predicted molar refractivity (Wildman–Crippen MR) is 93.9 cm³/mol. The zero-order valence-corrected chi connectivity index (χ0v) is 13.9. The number of rotatable bonds is 3. The van der Waals surface area contributed by atoms with Crippen molar-refractivity contribution in [2.24, 2.45) is 5.92 Å². The minimum absolute atomic E-state index is 0.158. The quantitative estimate of drug-likeness (QED) is 0.739. The van der Waals surface area contributed by atoms with Gasteiger partial charge >= 0.3 is 0 Å². The first-order chi connectivity index (χ1) is 12.2. The minimum Gasteiger partial charge on any atom is -0.315 e. The molecule has 1 aliphatic rings. The number of nitriles is 1. The molecule has 0 atom stereocenters. The molecular formula is C19H17N5O. The molecule has 0 saturated heterocycles. The highest BCUT2D eigenvalue weighted by molar-refractivity contribution is 5.95. The third-order valence-electron chi connectivity index (χ3n) is 4.84. The Morgan fingerprint density at radius 3 is 2.92 bits per heavy atom. The van der Waals surface area contributed by atoms with Gasteiger partial charge < -0.3 is 4.90 Å². The Morgan fingerprint density at radius 2 is 2.20 bits per heavy atom. The third-order valence-corrected chi connectivity index (χ3v) is 4.84. The Kier molecular flexibility index (Phi) is 3.69. The first-order valence-corrected chi connectivity index (χ1v) is 8.30. The summed E-state index contributed by atoms with van der Waals surface area (Å²) in [5.74, 6) is 0.333. The van der Waals surface area contributed by atoms with E-state index in [1.54, 1.807) is 15.6 Å². The summed E-state index contributed by atoms with van der Waals surface area (Å²) in [5, 5.41) is 13.4. The maximum absolute atomic E-state index is 12.5. The molecule has 4 rings (SSSR count). The zero-order chi connectivity index (χ0) is 17.4. The van der Waals surface area contributed by atoms with Crippen LogP contribution in [0, 0.1) is 17.2 Å².